The highest BCUT2D eigenvalue weighted by atomic mass is 32.0. The maximum atomic E-state index is 4.87. The minimum atomic E-state index is 1.07. The predicted octanol–water partition coefficient (Wildman–Crippen LogP) is 0.441. The molecule has 0 spiro atoms. The third kappa shape index (κ3) is 2.56. The molecule has 0 bridgehead atoms. The highest BCUT2D eigenvalue weighted by molar-refractivity contribution is 8.01. The van der Waals surface area contributed by atoms with Crippen molar-refractivity contribution in [2.45, 2.75) is 0 Å². The summed E-state index contributed by atoms with van der Waals surface area (Å²) < 4.78 is 0. The van der Waals surface area contributed by atoms with Gasteiger partial charge in [0, 0.05) is 5.92 Å². The molecule has 0 aliphatic carbocycles. The van der Waals surface area contributed by atoms with Crippen LogP contribution in [0.5, 0.6) is 0 Å². The van der Waals surface area contributed by atoms with Crippen LogP contribution in [0.2, 0.25) is 0 Å². The van der Waals surface area contributed by atoms with Gasteiger partial charge in [-0.15, -0.1) is 0 Å². The quantitative estimate of drug-likeness (QED) is 0.432. The van der Waals surface area contributed by atoms with Gasteiger partial charge < -0.3 is 5.73 Å². The molecule has 0 rings (SSSR count). The van der Waals surface area contributed by atoms with Crippen LogP contribution in [-0.2, 0) is 0 Å². The van der Waals surface area contributed by atoms with Gasteiger partial charge in [0.25, 0.3) is 0 Å². The number of hydrogen-bond donors (Lipinski definition) is 1. The van der Waals surface area contributed by atoms with Crippen LogP contribution in [0.25, 0.3) is 0 Å². The lowest BCUT2D eigenvalue weighted by molar-refractivity contribution is 1.93. The fraction of sp³-hybridized carbons (Fsp3) is 0. The van der Waals surface area contributed by atoms with Crippen molar-refractivity contribution >= 4 is 22.7 Å². The Morgan fingerprint density at radius 2 is 2.25 bits per heavy atom. The summed E-state index contributed by atoms with van der Waals surface area (Å²) in [5.74, 6) is 1.56. The SMILES string of the molecule is N/C=P/P. The maximum absolute atomic E-state index is 4.87. The normalized spacial score (nSPS) is 9.50. The van der Waals surface area contributed by atoms with Crippen molar-refractivity contribution in [2.75, 3.05) is 0 Å². The molecule has 0 saturated heterocycles. The third-order valence-corrected chi connectivity index (χ3v) is 0.775. The zero-order valence-corrected chi connectivity index (χ0v) is 4.23. The molecule has 0 saturated carbocycles. The highest BCUT2D eigenvalue weighted by Crippen LogP contribution is 2.00. The minimum absolute atomic E-state index is 1.07. The van der Waals surface area contributed by atoms with Crippen molar-refractivity contribution in [3.63, 3.8) is 0 Å². The molecule has 0 aliphatic rings. The summed E-state index contributed by atoms with van der Waals surface area (Å²) in [4.78, 5) is 0. The summed E-state index contributed by atoms with van der Waals surface area (Å²) in [5.41, 5.74) is 4.87. The second kappa shape index (κ2) is 3.56. The van der Waals surface area contributed by atoms with E-state index in [0.29, 0.717) is 0 Å². The number of hydrogen-bond acceptors (Lipinski definition) is 0. The van der Waals surface area contributed by atoms with Gasteiger partial charge in [-0.25, -0.2) is 0 Å². The van der Waals surface area contributed by atoms with E-state index >= 15 is 0 Å². The van der Waals surface area contributed by atoms with Crippen molar-refractivity contribution in [3.8, 4) is 0 Å². The first-order valence-corrected chi connectivity index (χ1v) is 3.43. The molecule has 1 unspecified atom stereocenters. The van der Waals surface area contributed by atoms with Gasteiger partial charge in [-0.1, -0.05) is 16.8 Å². The van der Waals surface area contributed by atoms with Crippen LogP contribution in [0.4, 0.5) is 0 Å². The molecule has 3 heteroatoms. The third-order valence-electron chi connectivity index (χ3n) is 0.0861. The first-order valence-electron chi connectivity index (χ1n) is 0.850. The first-order chi connectivity index (χ1) is 1.91. The van der Waals surface area contributed by atoms with E-state index in [2.05, 4.69) is 8.93 Å². The van der Waals surface area contributed by atoms with Crippen LogP contribution in [0.3, 0.4) is 0 Å². The zero-order valence-electron chi connectivity index (χ0n) is 2.18. The lowest BCUT2D eigenvalue weighted by Crippen LogP contribution is -1.79. The molecule has 1 atom stereocenters. The van der Waals surface area contributed by atoms with Crippen LogP contribution in [0, 0.1) is 0 Å². The molecule has 0 heterocycles. The van der Waals surface area contributed by atoms with Crippen LogP contribution in [0.1, 0.15) is 0 Å². The molecule has 0 aromatic heterocycles. The molecule has 0 aliphatic heterocycles. The molecule has 4 heavy (non-hydrogen) atoms. The molecule has 0 amide bonds. The van der Waals surface area contributed by atoms with Crippen LogP contribution in [0.15, 0.2) is 0 Å². The Balaban J connectivity index is 2.55. The van der Waals surface area contributed by atoms with E-state index in [1.54, 1.807) is 5.92 Å². The van der Waals surface area contributed by atoms with Crippen molar-refractivity contribution in [1.82, 2.24) is 0 Å². The van der Waals surface area contributed by atoms with Gasteiger partial charge in [-0.05, 0) is 0 Å². The van der Waals surface area contributed by atoms with E-state index in [4.69, 9.17) is 5.73 Å². The second-order valence-electron chi connectivity index (χ2n) is 0.298. The fourth-order valence-corrected chi connectivity index (χ4v) is 0. The summed E-state index contributed by atoms with van der Waals surface area (Å²) >= 11 is 0. The Kier molecular flexibility index (Phi) is 4.06. The predicted molar refractivity (Wildman–Crippen MR) is 26.9 cm³/mol. The second-order valence-corrected chi connectivity index (χ2v) is 1.79. The van der Waals surface area contributed by atoms with Gasteiger partial charge in [-0.3, -0.25) is 0 Å². The van der Waals surface area contributed by atoms with Gasteiger partial charge in [-0.2, -0.15) is 0 Å². The first kappa shape index (κ1) is 4.56. The van der Waals surface area contributed by atoms with E-state index in [1.807, 2.05) is 0 Å². The van der Waals surface area contributed by atoms with Gasteiger partial charge in [0.05, 0.1) is 0 Å². The minimum Gasteiger partial charge on any atom is -0.305 e. The number of nitrogens with two attached hydrogens (primary N) is 1. The fourth-order valence-electron chi connectivity index (χ4n) is 0. The lowest BCUT2D eigenvalue weighted by Gasteiger charge is -1.51. The summed E-state index contributed by atoms with van der Waals surface area (Å²) in [6, 6.07) is 0. The van der Waals surface area contributed by atoms with E-state index in [9.17, 15) is 0 Å². The molecule has 1 nitrogen and oxygen atoms in total. The van der Waals surface area contributed by atoms with Crippen LogP contribution in [-0.4, -0.2) is 5.92 Å². The number of rotatable bonds is 0. The zero-order chi connectivity index (χ0) is 3.41. The molecular weight excluding hydrogens is 88.0 g/mol. The lowest BCUT2D eigenvalue weighted by atomic mass is 11.6. The van der Waals surface area contributed by atoms with E-state index in [-0.39, 0.29) is 0 Å². The summed E-state index contributed by atoms with van der Waals surface area (Å²) in [5, 5.41) is 0. The topological polar surface area (TPSA) is 26.0 Å². The van der Waals surface area contributed by atoms with Crippen LogP contribution < -0.4 is 5.73 Å². The average Bonchev–Trinajstić information content (AvgIpc) is 1.37. The standard InChI is InChI=1S/CH5NP2/c2-1-4-3/h1H,2-3H2. The van der Waals surface area contributed by atoms with Crippen molar-refractivity contribution in [3.05, 3.63) is 0 Å². The van der Waals surface area contributed by atoms with Gasteiger partial charge in [0.2, 0.25) is 0 Å². The Hall–Kier alpha value is 0.560. The van der Waals surface area contributed by atoms with E-state index in [0.717, 1.165) is 7.89 Å². The molecule has 2 N–H and O–H groups in total. The summed E-state index contributed by atoms with van der Waals surface area (Å²) in [7, 11) is 3.51. The highest BCUT2D eigenvalue weighted by Gasteiger charge is 1.33. The van der Waals surface area contributed by atoms with E-state index < -0.39 is 0 Å². The Bertz CT molecular complexity index is 21.2. The molecule has 0 aromatic carbocycles. The van der Waals surface area contributed by atoms with E-state index in [1.165, 1.54) is 0 Å². The average molecular weight is 93.0 g/mol. The Labute approximate surface area is 29.5 Å². The van der Waals surface area contributed by atoms with Gasteiger partial charge in [0.15, 0.2) is 0 Å². The summed E-state index contributed by atoms with van der Waals surface area (Å²) in [6.07, 6.45) is 0. The van der Waals surface area contributed by atoms with Gasteiger partial charge >= 0.3 is 0 Å². The Morgan fingerprint density at radius 1 is 2.00 bits per heavy atom. The van der Waals surface area contributed by atoms with Crippen molar-refractivity contribution in [2.24, 2.45) is 5.73 Å². The van der Waals surface area contributed by atoms with Gasteiger partial charge in [0.1, 0.15) is 0 Å². The molecule has 0 fully saturated rings. The smallest absolute Gasteiger partial charge is 0.00200 e. The molecule has 24 valence electrons. The Morgan fingerprint density at radius 3 is 2.25 bits per heavy atom. The van der Waals surface area contributed by atoms with Crippen LogP contribution >= 0.6 is 16.8 Å². The maximum Gasteiger partial charge on any atom is 0.00200 e. The van der Waals surface area contributed by atoms with Crippen molar-refractivity contribution in [1.29, 1.82) is 0 Å². The largest absolute Gasteiger partial charge is 0.305 e. The summed E-state index contributed by atoms with van der Waals surface area (Å²) in [6.45, 7) is 0. The molecule has 0 radical (unpaired) electrons. The molecule has 0 aromatic rings. The molecular formula is CH5NP2. The monoisotopic (exact) mass is 93.0 g/mol. The van der Waals surface area contributed by atoms with Crippen molar-refractivity contribution < 1.29 is 0 Å².